The van der Waals surface area contributed by atoms with Gasteiger partial charge in [-0.2, -0.15) is 0 Å². The first-order valence-electron chi connectivity index (χ1n) is 3.84. The molecule has 4 nitrogen and oxygen atoms in total. The molecule has 1 fully saturated rings. The minimum Gasteiger partial charge on any atom is -0.409 e. The summed E-state index contributed by atoms with van der Waals surface area (Å²) in [5.74, 6) is 0.291. The van der Waals surface area contributed by atoms with Crippen LogP contribution >= 0.6 is 0 Å². The number of ether oxygens (including phenoxy) is 1. The lowest BCUT2D eigenvalue weighted by molar-refractivity contribution is 0.0886. The van der Waals surface area contributed by atoms with Crippen molar-refractivity contribution in [1.29, 1.82) is 0 Å². The molecule has 1 rings (SSSR count). The van der Waals surface area contributed by atoms with Crippen LogP contribution in [0.3, 0.4) is 0 Å². The molecule has 11 heavy (non-hydrogen) atoms. The van der Waals surface area contributed by atoms with Crippen LogP contribution in [0.15, 0.2) is 5.16 Å². The Morgan fingerprint density at radius 1 is 1.82 bits per heavy atom. The van der Waals surface area contributed by atoms with E-state index in [0.717, 1.165) is 19.4 Å². The van der Waals surface area contributed by atoms with Gasteiger partial charge in [0.1, 0.15) is 5.84 Å². The SMILES string of the molecule is CC(/C(N)=N/O)C1CCCO1. The largest absolute Gasteiger partial charge is 0.409 e. The zero-order valence-corrected chi connectivity index (χ0v) is 6.66. The molecule has 1 saturated heterocycles. The third-order valence-corrected chi connectivity index (χ3v) is 2.10. The van der Waals surface area contributed by atoms with E-state index in [1.165, 1.54) is 0 Å². The molecular formula is C7H14N2O2. The molecule has 2 unspecified atom stereocenters. The molecule has 3 N–H and O–H groups in total. The number of rotatable bonds is 2. The van der Waals surface area contributed by atoms with Gasteiger partial charge in [-0.25, -0.2) is 0 Å². The lowest BCUT2D eigenvalue weighted by atomic mass is 10.0. The van der Waals surface area contributed by atoms with E-state index in [1.54, 1.807) is 0 Å². The van der Waals surface area contributed by atoms with E-state index in [4.69, 9.17) is 15.7 Å². The van der Waals surface area contributed by atoms with Gasteiger partial charge in [-0.05, 0) is 12.8 Å². The number of nitrogens with zero attached hydrogens (tertiary/aromatic N) is 1. The summed E-state index contributed by atoms with van der Waals surface area (Å²) in [6, 6.07) is 0. The fourth-order valence-electron chi connectivity index (χ4n) is 1.28. The van der Waals surface area contributed by atoms with Crippen molar-refractivity contribution in [3.8, 4) is 0 Å². The maximum Gasteiger partial charge on any atom is 0.144 e. The predicted octanol–water partition coefficient (Wildman–Crippen LogP) is 0.548. The summed E-state index contributed by atoms with van der Waals surface area (Å²) in [6.07, 6.45) is 2.23. The Labute approximate surface area is 66.0 Å². The fourth-order valence-corrected chi connectivity index (χ4v) is 1.28. The van der Waals surface area contributed by atoms with Gasteiger partial charge in [0.2, 0.25) is 0 Å². The summed E-state index contributed by atoms with van der Waals surface area (Å²) in [5.41, 5.74) is 5.42. The average molecular weight is 158 g/mol. The van der Waals surface area contributed by atoms with Crippen molar-refractivity contribution in [2.75, 3.05) is 6.61 Å². The van der Waals surface area contributed by atoms with Crippen LogP contribution in [0.25, 0.3) is 0 Å². The summed E-state index contributed by atoms with van der Waals surface area (Å²) in [4.78, 5) is 0. The molecule has 0 aromatic carbocycles. The van der Waals surface area contributed by atoms with Crippen molar-refractivity contribution in [2.24, 2.45) is 16.8 Å². The second kappa shape index (κ2) is 3.57. The highest BCUT2D eigenvalue weighted by Gasteiger charge is 2.24. The lowest BCUT2D eigenvalue weighted by Gasteiger charge is -2.16. The summed E-state index contributed by atoms with van der Waals surface area (Å²) in [5, 5.41) is 11.3. The summed E-state index contributed by atoms with van der Waals surface area (Å²) < 4.78 is 5.37. The summed E-state index contributed by atoms with van der Waals surface area (Å²) >= 11 is 0. The molecule has 0 bridgehead atoms. The van der Waals surface area contributed by atoms with Crippen LogP contribution in [0.2, 0.25) is 0 Å². The van der Waals surface area contributed by atoms with Gasteiger partial charge in [-0.15, -0.1) is 0 Å². The molecule has 0 aromatic heterocycles. The molecule has 1 heterocycles. The van der Waals surface area contributed by atoms with Crippen molar-refractivity contribution in [1.82, 2.24) is 0 Å². The number of oxime groups is 1. The number of hydrogen-bond donors (Lipinski definition) is 2. The molecule has 0 saturated carbocycles. The highest BCUT2D eigenvalue weighted by Crippen LogP contribution is 2.19. The van der Waals surface area contributed by atoms with Crippen LogP contribution < -0.4 is 5.73 Å². The molecule has 0 aliphatic carbocycles. The van der Waals surface area contributed by atoms with Crippen molar-refractivity contribution < 1.29 is 9.94 Å². The molecule has 0 amide bonds. The van der Waals surface area contributed by atoms with Crippen molar-refractivity contribution in [3.63, 3.8) is 0 Å². The van der Waals surface area contributed by atoms with Crippen LogP contribution in [0.5, 0.6) is 0 Å². The molecule has 0 aromatic rings. The van der Waals surface area contributed by atoms with Gasteiger partial charge < -0.3 is 15.7 Å². The quantitative estimate of drug-likeness (QED) is 0.267. The van der Waals surface area contributed by atoms with Crippen molar-refractivity contribution in [3.05, 3.63) is 0 Å². The third kappa shape index (κ3) is 1.83. The van der Waals surface area contributed by atoms with Crippen LogP contribution in [-0.2, 0) is 4.74 Å². The van der Waals surface area contributed by atoms with E-state index in [2.05, 4.69) is 5.16 Å². The zero-order chi connectivity index (χ0) is 8.27. The minimum absolute atomic E-state index is 0.0301. The van der Waals surface area contributed by atoms with E-state index in [0.29, 0.717) is 0 Å². The van der Waals surface area contributed by atoms with E-state index in [9.17, 15) is 0 Å². The first-order chi connectivity index (χ1) is 5.25. The number of nitrogens with two attached hydrogens (primary N) is 1. The van der Waals surface area contributed by atoms with E-state index < -0.39 is 0 Å². The molecule has 4 heteroatoms. The van der Waals surface area contributed by atoms with Crippen LogP contribution in [0.4, 0.5) is 0 Å². The van der Waals surface area contributed by atoms with Gasteiger partial charge in [0.25, 0.3) is 0 Å². The Kier molecular flexibility index (Phi) is 2.70. The number of amidine groups is 1. The number of hydrogen-bond acceptors (Lipinski definition) is 3. The summed E-state index contributed by atoms with van der Waals surface area (Å²) in [7, 11) is 0. The first-order valence-corrected chi connectivity index (χ1v) is 3.84. The highest BCUT2D eigenvalue weighted by molar-refractivity contribution is 5.82. The smallest absolute Gasteiger partial charge is 0.144 e. The zero-order valence-electron chi connectivity index (χ0n) is 6.66. The maximum absolute atomic E-state index is 8.37. The van der Waals surface area contributed by atoms with E-state index in [-0.39, 0.29) is 17.9 Å². The lowest BCUT2D eigenvalue weighted by Crippen LogP contribution is -2.31. The van der Waals surface area contributed by atoms with Gasteiger partial charge in [0.05, 0.1) is 6.10 Å². The minimum atomic E-state index is 0.0301. The molecular weight excluding hydrogens is 144 g/mol. The molecule has 1 aliphatic heterocycles. The first kappa shape index (κ1) is 8.33. The maximum atomic E-state index is 8.37. The van der Waals surface area contributed by atoms with Crippen LogP contribution in [0.1, 0.15) is 19.8 Å². The highest BCUT2D eigenvalue weighted by atomic mass is 16.5. The Balaban J connectivity index is 2.45. The van der Waals surface area contributed by atoms with E-state index in [1.807, 2.05) is 6.92 Å². The molecule has 64 valence electrons. The van der Waals surface area contributed by atoms with Gasteiger partial charge >= 0.3 is 0 Å². The topological polar surface area (TPSA) is 67.8 Å². The van der Waals surface area contributed by atoms with Crippen molar-refractivity contribution in [2.45, 2.75) is 25.9 Å². The average Bonchev–Trinajstić information content (AvgIpc) is 2.53. The summed E-state index contributed by atoms with van der Waals surface area (Å²) in [6.45, 7) is 2.71. The van der Waals surface area contributed by atoms with Gasteiger partial charge in [-0.3, -0.25) is 0 Å². The van der Waals surface area contributed by atoms with Gasteiger partial charge in [-0.1, -0.05) is 12.1 Å². The second-order valence-electron chi connectivity index (χ2n) is 2.87. The normalized spacial score (nSPS) is 28.8. The van der Waals surface area contributed by atoms with E-state index >= 15 is 0 Å². The standard InChI is InChI=1S/C7H14N2O2/c1-5(7(8)9-10)6-3-2-4-11-6/h5-6,10H,2-4H2,1H3,(H2,8,9). The van der Waals surface area contributed by atoms with Crippen LogP contribution in [-0.4, -0.2) is 23.8 Å². The molecule has 0 radical (unpaired) electrons. The van der Waals surface area contributed by atoms with Gasteiger partial charge in [0, 0.05) is 12.5 Å². The monoisotopic (exact) mass is 158 g/mol. The fraction of sp³-hybridized carbons (Fsp3) is 0.857. The Morgan fingerprint density at radius 2 is 2.55 bits per heavy atom. The van der Waals surface area contributed by atoms with Crippen LogP contribution in [0, 0.1) is 5.92 Å². The second-order valence-corrected chi connectivity index (χ2v) is 2.87. The molecule has 1 aliphatic rings. The molecule has 2 atom stereocenters. The van der Waals surface area contributed by atoms with Gasteiger partial charge in [0.15, 0.2) is 0 Å². The Morgan fingerprint density at radius 3 is 3.00 bits per heavy atom. The Hall–Kier alpha value is -0.770. The predicted molar refractivity (Wildman–Crippen MR) is 41.5 cm³/mol. The van der Waals surface area contributed by atoms with Crippen molar-refractivity contribution >= 4 is 5.84 Å². The molecule has 0 spiro atoms. The third-order valence-electron chi connectivity index (χ3n) is 2.10. The Bertz CT molecular complexity index is 153.